The fraction of sp³-hybridized carbons (Fsp3) is 0.0476. The lowest BCUT2D eigenvalue weighted by Gasteiger charge is -2.12. The van der Waals surface area contributed by atoms with Gasteiger partial charge in [0.25, 0.3) is 0 Å². The summed E-state index contributed by atoms with van der Waals surface area (Å²) in [5.74, 6) is 0.476. The molecule has 26 heavy (non-hydrogen) atoms. The van der Waals surface area contributed by atoms with E-state index in [2.05, 4.69) is 23.3 Å². The molecule has 1 N–H and O–H groups in total. The van der Waals surface area contributed by atoms with Crippen molar-refractivity contribution in [2.45, 2.75) is 6.92 Å². The first-order valence-corrected chi connectivity index (χ1v) is 8.92. The maximum atomic E-state index is 6.29. The van der Waals surface area contributed by atoms with Crippen molar-refractivity contribution in [1.29, 1.82) is 0 Å². The summed E-state index contributed by atoms with van der Waals surface area (Å²) in [7, 11) is 0. The number of nitrogens with zero attached hydrogens (tertiary/aromatic N) is 2. The Morgan fingerprint density at radius 2 is 1.65 bits per heavy atom. The van der Waals surface area contributed by atoms with Gasteiger partial charge in [-0.3, -0.25) is 0 Å². The van der Waals surface area contributed by atoms with Gasteiger partial charge in [-0.25, -0.2) is 9.97 Å². The summed E-state index contributed by atoms with van der Waals surface area (Å²) in [5, 5.41) is 5.13. The summed E-state index contributed by atoms with van der Waals surface area (Å²) in [4.78, 5) is 9.40. The second kappa shape index (κ2) is 6.94. The van der Waals surface area contributed by atoms with Crippen molar-refractivity contribution in [3.8, 4) is 11.3 Å². The van der Waals surface area contributed by atoms with Gasteiger partial charge in [-0.2, -0.15) is 0 Å². The smallest absolute Gasteiger partial charge is 0.228 e. The first-order valence-electron chi connectivity index (χ1n) is 8.17. The van der Waals surface area contributed by atoms with Crippen LogP contribution in [-0.2, 0) is 0 Å². The van der Waals surface area contributed by atoms with Crippen molar-refractivity contribution >= 4 is 45.7 Å². The molecule has 4 rings (SSSR count). The minimum atomic E-state index is 0.447. The molecule has 0 atom stereocenters. The quantitative estimate of drug-likeness (QED) is 0.432. The standard InChI is InChI=1S/C21H15Cl2N3/c1-13-10-11-17-15(12-13)20(14-6-3-2-4-7-14)26-21(24-17)25-18-9-5-8-16(22)19(18)23/h2-12H,1H3,(H,24,25,26). The van der Waals surface area contributed by atoms with Gasteiger partial charge in [0.15, 0.2) is 0 Å². The highest BCUT2D eigenvalue weighted by atomic mass is 35.5. The van der Waals surface area contributed by atoms with Crippen molar-refractivity contribution in [3.63, 3.8) is 0 Å². The van der Waals surface area contributed by atoms with Crippen LogP contribution >= 0.6 is 23.2 Å². The number of halogens is 2. The lowest BCUT2D eigenvalue weighted by atomic mass is 10.0. The topological polar surface area (TPSA) is 37.8 Å². The summed E-state index contributed by atoms with van der Waals surface area (Å²) < 4.78 is 0. The van der Waals surface area contributed by atoms with Gasteiger partial charge in [0, 0.05) is 10.9 Å². The molecule has 3 nitrogen and oxygen atoms in total. The van der Waals surface area contributed by atoms with Crippen LogP contribution in [0.1, 0.15) is 5.56 Å². The van der Waals surface area contributed by atoms with Crippen LogP contribution in [0.5, 0.6) is 0 Å². The van der Waals surface area contributed by atoms with Crippen LogP contribution in [0.15, 0.2) is 66.7 Å². The summed E-state index contributed by atoms with van der Waals surface area (Å²) in [6.07, 6.45) is 0. The van der Waals surface area contributed by atoms with E-state index >= 15 is 0 Å². The molecule has 0 unspecified atom stereocenters. The van der Waals surface area contributed by atoms with Crippen LogP contribution in [0.2, 0.25) is 10.0 Å². The number of fused-ring (bicyclic) bond motifs is 1. The lowest BCUT2D eigenvalue weighted by Crippen LogP contribution is -2.00. The number of benzene rings is 3. The summed E-state index contributed by atoms with van der Waals surface area (Å²) in [5.41, 5.74) is 4.61. The van der Waals surface area contributed by atoms with E-state index in [0.717, 1.165) is 27.7 Å². The molecule has 1 aromatic heterocycles. The molecule has 5 heteroatoms. The van der Waals surface area contributed by atoms with E-state index in [1.54, 1.807) is 6.07 Å². The monoisotopic (exact) mass is 379 g/mol. The number of hydrogen-bond donors (Lipinski definition) is 1. The van der Waals surface area contributed by atoms with E-state index in [1.165, 1.54) is 0 Å². The van der Waals surface area contributed by atoms with Crippen molar-refractivity contribution in [1.82, 2.24) is 9.97 Å². The fourth-order valence-corrected chi connectivity index (χ4v) is 3.18. The van der Waals surface area contributed by atoms with E-state index in [9.17, 15) is 0 Å². The fourth-order valence-electron chi connectivity index (χ4n) is 2.84. The maximum absolute atomic E-state index is 6.29. The molecule has 0 fully saturated rings. The molecule has 0 aliphatic heterocycles. The molecule has 1 heterocycles. The molecule has 128 valence electrons. The van der Waals surface area contributed by atoms with E-state index in [-0.39, 0.29) is 0 Å². The van der Waals surface area contributed by atoms with E-state index in [1.807, 2.05) is 54.6 Å². The number of aromatic nitrogens is 2. The van der Waals surface area contributed by atoms with Gasteiger partial charge in [-0.1, -0.05) is 71.2 Å². The molecule has 3 aromatic carbocycles. The van der Waals surface area contributed by atoms with Gasteiger partial charge in [0.2, 0.25) is 5.95 Å². The van der Waals surface area contributed by atoms with Crippen LogP contribution in [-0.4, -0.2) is 9.97 Å². The average Bonchev–Trinajstić information content (AvgIpc) is 2.66. The van der Waals surface area contributed by atoms with Crippen molar-refractivity contribution in [2.24, 2.45) is 0 Å². The average molecular weight is 380 g/mol. The predicted octanol–water partition coefficient (Wildman–Crippen LogP) is 6.66. The molecule has 4 aromatic rings. The van der Waals surface area contributed by atoms with Crippen LogP contribution in [0.25, 0.3) is 22.2 Å². The van der Waals surface area contributed by atoms with E-state index in [4.69, 9.17) is 28.2 Å². The Bertz CT molecular complexity index is 1100. The third-order valence-corrected chi connectivity index (χ3v) is 4.92. The van der Waals surface area contributed by atoms with E-state index in [0.29, 0.717) is 21.7 Å². The molecule has 0 aliphatic rings. The molecule has 0 saturated carbocycles. The van der Waals surface area contributed by atoms with Gasteiger partial charge in [-0.05, 0) is 31.2 Å². The molecular formula is C21H15Cl2N3. The summed E-state index contributed by atoms with van der Waals surface area (Å²) in [6.45, 7) is 2.06. The number of rotatable bonds is 3. The highest BCUT2D eigenvalue weighted by Gasteiger charge is 2.12. The van der Waals surface area contributed by atoms with Gasteiger partial charge >= 0.3 is 0 Å². The zero-order chi connectivity index (χ0) is 18.1. The van der Waals surface area contributed by atoms with Crippen LogP contribution < -0.4 is 5.32 Å². The van der Waals surface area contributed by atoms with Crippen LogP contribution in [0, 0.1) is 6.92 Å². The minimum Gasteiger partial charge on any atom is -0.323 e. The summed E-state index contributed by atoms with van der Waals surface area (Å²) >= 11 is 12.4. The Hall–Kier alpha value is -2.62. The molecule has 0 radical (unpaired) electrons. The number of anilines is 2. The Morgan fingerprint density at radius 3 is 2.46 bits per heavy atom. The van der Waals surface area contributed by atoms with Gasteiger partial charge < -0.3 is 5.32 Å². The van der Waals surface area contributed by atoms with Crippen molar-refractivity contribution in [2.75, 3.05) is 5.32 Å². The molecule has 0 aliphatic carbocycles. The molecule has 0 amide bonds. The molecule has 0 bridgehead atoms. The highest BCUT2D eigenvalue weighted by Crippen LogP contribution is 2.33. The van der Waals surface area contributed by atoms with Crippen molar-refractivity contribution in [3.05, 3.63) is 82.3 Å². The zero-order valence-corrected chi connectivity index (χ0v) is 15.5. The van der Waals surface area contributed by atoms with Gasteiger partial charge in [0.05, 0.1) is 26.9 Å². The SMILES string of the molecule is Cc1ccc2nc(Nc3cccc(Cl)c3Cl)nc(-c3ccccc3)c2c1. The Kier molecular flexibility index (Phi) is 4.49. The Balaban J connectivity index is 1.89. The normalized spacial score (nSPS) is 10.9. The third-order valence-electron chi connectivity index (χ3n) is 4.10. The van der Waals surface area contributed by atoms with Gasteiger partial charge in [-0.15, -0.1) is 0 Å². The largest absolute Gasteiger partial charge is 0.323 e. The van der Waals surface area contributed by atoms with E-state index < -0.39 is 0 Å². The second-order valence-electron chi connectivity index (χ2n) is 6.01. The zero-order valence-electron chi connectivity index (χ0n) is 14.0. The minimum absolute atomic E-state index is 0.447. The van der Waals surface area contributed by atoms with Crippen LogP contribution in [0.3, 0.4) is 0 Å². The van der Waals surface area contributed by atoms with Crippen LogP contribution in [0.4, 0.5) is 11.6 Å². The molecule has 0 saturated heterocycles. The Morgan fingerprint density at radius 1 is 0.846 bits per heavy atom. The molecular weight excluding hydrogens is 365 g/mol. The first-order chi connectivity index (χ1) is 12.6. The number of aryl methyl sites for hydroxylation is 1. The lowest BCUT2D eigenvalue weighted by molar-refractivity contribution is 1.21. The summed E-state index contributed by atoms with van der Waals surface area (Å²) in [6, 6.07) is 21.6. The predicted molar refractivity (Wildman–Crippen MR) is 109 cm³/mol. The Labute approximate surface area is 161 Å². The maximum Gasteiger partial charge on any atom is 0.228 e. The number of nitrogens with one attached hydrogen (secondary N) is 1. The number of hydrogen-bond acceptors (Lipinski definition) is 3. The third kappa shape index (κ3) is 3.24. The van der Waals surface area contributed by atoms with Gasteiger partial charge in [0.1, 0.15) is 0 Å². The van der Waals surface area contributed by atoms with Crippen molar-refractivity contribution < 1.29 is 0 Å². The molecule has 0 spiro atoms. The second-order valence-corrected chi connectivity index (χ2v) is 6.79. The first kappa shape index (κ1) is 16.8. The highest BCUT2D eigenvalue weighted by molar-refractivity contribution is 6.43.